The van der Waals surface area contributed by atoms with E-state index in [9.17, 15) is 13.2 Å². The Morgan fingerprint density at radius 3 is 2.11 bits per heavy atom. The van der Waals surface area contributed by atoms with Gasteiger partial charge in [0.15, 0.2) is 0 Å². The van der Waals surface area contributed by atoms with Gasteiger partial charge < -0.3 is 9.47 Å². The molecule has 1 aromatic heterocycles. The van der Waals surface area contributed by atoms with Crippen molar-refractivity contribution in [3.63, 3.8) is 0 Å². The van der Waals surface area contributed by atoms with Crippen molar-refractivity contribution in [3.05, 3.63) is 52.3 Å². The smallest absolute Gasteiger partial charge is 0.255 e. The Kier molecular flexibility index (Phi) is 5.89. The molecule has 8 heteroatoms. The zero-order valence-corrected chi connectivity index (χ0v) is 18.2. The fourth-order valence-electron chi connectivity index (χ4n) is 3.85. The summed E-state index contributed by atoms with van der Waals surface area (Å²) in [5.41, 5.74) is 2.70. The van der Waals surface area contributed by atoms with E-state index in [1.54, 1.807) is 17.0 Å². The van der Waals surface area contributed by atoms with Crippen LogP contribution in [-0.4, -0.2) is 54.3 Å². The topological polar surface area (TPSA) is 62.6 Å². The number of hydrogen-bond donors (Lipinski definition) is 0. The van der Waals surface area contributed by atoms with Crippen molar-refractivity contribution in [3.8, 4) is 0 Å². The summed E-state index contributed by atoms with van der Waals surface area (Å²) in [4.78, 5) is 15.0. The first-order valence-corrected chi connectivity index (χ1v) is 11.2. The van der Waals surface area contributed by atoms with Crippen LogP contribution in [0.5, 0.6) is 0 Å². The lowest BCUT2D eigenvalue weighted by molar-refractivity contribution is 0.0697. The lowest BCUT2D eigenvalue weighted by Crippen LogP contribution is -2.50. The molecular weight excluding hydrogens is 398 g/mol. The van der Waals surface area contributed by atoms with Gasteiger partial charge in [-0.25, -0.2) is 8.42 Å². The van der Waals surface area contributed by atoms with Crippen molar-refractivity contribution in [1.82, 2.24) is 13.8 Å². The number of aromatic nitrogens is 1. The number of carbonyl (C=O) groups is 1. The Bertz CT molecular complexity index is 973. The minimum Gasteiger partial charge on any atom is -0.346 e. The number of amides is 1. The van der Waals surface area contributed by atoms with E-state index in [1.165, 1.54) is 16.4 Å². The SMILES string of the molecule is Cc1cc(C(=O)N2CCN(S(=O)(=O)c3ccc(Cl)cc3)CC2)c(C)n1C(C)C. The summed E-state index contributed by atoms with van der Waals surface area (Å²) in [6.45, 7) is 9.44. The average molecular weight is 424 g/mol. The molecule has 0 aliphatic carbocycles. The van der Waals surface area contributed by atoms with Crippen molar-refractivity contribution >= 4 is 27.5 Å². The number of nitrogens with zero attached hydrogens (tertiary/aromatic N) is 3. The molecule has 0 N–H and O–H groups in total. The van der Waals surface area contributed by atoms with E-state index in [2.05, 4.69) is 18.4 Å². The summed E-state index contributed by atoms with van der Waals surface area (Å²) in [7, 11) is -3.58. The number of piperazine rings is 1. The normalized spacial score (nSPS) is 16.0. The minimum absolute atomic E-state index is 0.0384. The lowest BCUT2D eigenvalue weighted by atomic mass is 10.2. The van der Waals surface area contributed by atoms with Gasteiger partial charge in [0.25, 0.3) is 5.91 Å². The molecule has 1 aromatic carbocycles. The molecule has 2 aromatic rings. The highest BCUT2D eigenvalue weighted by atomic mass is 35.5. The van der Waals surface area contributed by atoms with Crippen molar-refractivity contribution in [2.75, 3.05) is 26.2 Å². The zero-order valence-electron chi connectivity index (χ0n) is 16.6. The molecule has 0 saturated carbocycles. The summed E-state index contributed by atoms with van der Waals surface area (Å²) in [6.07, 6.45) is 0. The molecule has 0 bridgehead atoms. The molecule has 0 radical (unpaired) electrons. The Labute approximate surface area is 171 Å². The number of benzene rings is 1. The number of carbonyl (C=O) groups excluding carboxylic acids is 1. The molecule has 1 aliphatic rings. The Balaban J connectivity index is 1.73. The molecular formula is C20H26ClN3O3S. The van der Waals surface area contributed by atoms with Crippen LogP contribution >= 0.6 is 11.6 Å². The molecule has 1 saturated heterocycles. The summed E-state index contributed by atoms with van der Waals surface area (Å²) in [5.74, 6) is -0.0384. The van der Waals surface area contributed by atoms with Gasteiger partial charge in [0.05, 0.1) is 10.5 Å². The fourth-order valence-corrected chi connectivity index (χ4v) is 5.39. The Morgan fingerprint density at radius 2 is 1.61 bits per heavy atom. The zero-order chi connectivity index (χ0) is 20.6. The van der Waals surface area contributed by atoms with Crippen LogP contribution in [0.1, 0.15) is 41.6 Å². The van der Waals surface area contributed by atoms with Crippen LogP contribution in [0.25, 0.3) is 0 Å². The quantitative estimate of drug-likeness (QED) is 0.756. The van der Waals surface area contributed by atoms with Gasteiger partial charge in [-0.1, -0.05) is 11.6 Å². The van der Waals surface area contributed by atoms with Crippen molar-refractivity contribution in [2.24, 2.45) is 0 Å². The molecule has 0 unspecified atom stereocenters. The predicted molar refractivity (Wildman–Crippen MR) is 110 cm³/mol. The number of sulfonamides is 1. The number of halogens is 1. The van der Waals surface area contributed by atoms with Crippen LogP contribution in [0.3, 0.4) is 0 Å². The number of hydrogen-bond acceptors (Lipinski definition) is 3. The van der Waals surface area contributed by atoms with Gasteiger partial charge in [0.1, 0.15) is 0 Å². The van der Waals surface area contributed by atoms with Gasteiger partial charge >= 0.3 is 0 Å². The molecule has 2 heterocycles. The first kappa shape index (κ1) is 20.9. The van der Waals surface area contributed by atoms with Crippen LogP contribution in [0.15, 0.2) is 35.2 Å². The van der Waals surface area contributed by atoms with E-state index in [4.69, 9.17) is 11.6 Å². The molecule has 1 amide bonds. The first-order chi connectivity index (χ1) is 13.1. The van der Waals surface area contributed by atoms with Crippen molar-refractivity contribution in [2.45, 2.75) is 38.6 Å². The highest BCUT2D eigenvalue weighted by Crippen LogP contribution is 2.24. The third-order valence-electron chi connectivity index (χ3n) is 5.21. The monoisotopic (exact) mass is 423 g/mol. The van der Waals surface area contributed by atoms with E-state index >= 15 is 0 Å². The van der Waals surface area contributed by atoms with E-state index in [1.807, 2.05) is 19.9 Å². The Morgan fingerprint density at radius 1 is 1.04 bits per heavy atom. The van der Waals surface area contributed by atoms with Crippen molar-refractivity contribution in [1.29, 1.82) is 0 Å². The molecule has 152 valence electrons. The lowest BCUT2D eigenvalue weighted by Gasteiger charge is -2.34. The average Bonchev–Trinajstić information content (AvgIpc) is 2.96. The number of aryl methyl sites for hydroxylation is 1. The summed E-state index contributed by atoms with van der Waals surface area (Å²) >= 11 is 5.85. The highest BCUT2D eigenvalue weighted by molar-refractivity contribution is 7.89. The fraction of sp³-hybridized carbons (Fsp3) is 0.450. The molecule has 1 aliphatic heterocycles. The molecule has 0 atom stereocenters. The van der Waals surface area contributed by atoms with Gasteiger partial charge in [-0.05, 0) is 58.0 Å². The van der Waals surface area contributed by atoms with Crippen LogP contribution in [0.4, 0.5) is 0 Å². The highest BCUT2D eigenvalue weighted by Gasteiger charge is 2.31. The molecule has 28 heavy (non-hydrogen) atoms. The second-order valence-electron chi connectivity index (χ2n) is 7.40. The third-order valence-corrected chi connectivity index (χ3v) is 7.37. The van der Waals surface area contributed by atoms with Gasteiger partial charge in [0, 0.05) is 48.6 Å². The first-order valence-electron chi connectivity index (χ1n) is 9.36. The minimum atomic E-state index is -3.58. The van der Waals surface area contributed by atoms with E-state index in [0.29, 0.717) is 23.7 Å². The van der Waals surface area contributed by atoms with Crippen LogP contribution in [0.2, 0.25) is 5.02 Å². The van der Waals surface area contributed by atoms with Crippen LogP contribution in [0, 0.1) is 13.8 Å². The van der Waals surface area contributed by atoms with Gasteiger partial charge in [0.2, 0.25) is 10.0 Å². The summed E-state index contributed by atoms with van der Waals surface area (Å²) in [5, 5.41) is 0.494. The summed E-state index contributed by atoms with van der Waals surface area (Å²) in [6, 6.07) is 8.36. The van der Waals surface area contributed by atoms with E-state index in [-0.39, 0.29) is 29.9 Å². The molecule has 3 rings (SSSR count). The third kappa shape index (κ3) is 3.83. The van der Waals surface area contributed by atoms with E-state index in [0.717, 1.165) is 11.4 Å². The largest absolute Gasteiger partial charge is 0.346 e. The second kappa shape index (κ2) is 7.89. The van der Waals surface area contributed by atoms with Crippen LogP contribution in [-0.2, 0) is 10.0 Å². The molecule has 0 spiro atoms. The van der Waals surface area contributed by atoms with Crippen LogP contribution < -0.4 is 0 Å². The second-order valence-corrected chi connectivity index (χ2v) is 9.77. The van der Waals surface area contributed by atoms with Gasteiger partial charge in [-0.15, -0.1) is 0 Å². The summed E-state index contributed by atoms with van der Waals surface area (Å²) < 4.78 is 29.2. The standard InChI is InChI=1S/C20H26ClN3O3S/c1-14(2)24-15(3)13-19(16(24)4)20(25)22-9-11-23(12-10-22)28(26,27)18-7-5-17(21)6-8-18/h5-8,13-14H,9-12H2,1-4H3. The predicted octanol–water partition coefficient (Wildman–Crippen LogP) is 3.49. The van der Waals surface area contributed by atoms with Gasteiger partial charge in [-0.2, -0.15) is 4.31 Å². The van der Waals surface area contributed by atoms with Crippen molar-refractivity contribution < 1.29 is 13.2 Å². The molecule has 1 fully saturated rings. The maximum absolute atomic E-state index is 13.0. The van der Waals surface area contributed by atoms with E-state index < -0.39 is 10.0 Å². The van der Waals surface area contributed by atoms with Gasteiger partial charge in [-0.3, -0.25) is 4.79 Å². The number of rotatable bonds is 4. The molecule has 6 nitrogen and oxygen atoms in total. The maximum atomic E-state index is 13.0. The maximum Gasteiger partial charge on any atom is 0.255 e. The Hall–Kier alpha value is -1.83.